The summed E-state index contributed by atoms with van der Waals surface area (Å²) in [6.45, 7) is 10.2. The predicted molar refractivity (Wildman–Crippen MR) is 308 cm³/mol. The fourth-order valence-electron chi connectivity index (χ4n) is 9.28. The van der Waals surface area contributed by atoms with Gasteiger partial charge in [0.2, 0.25) is 0 Å². The maximum atomic E-state index is 14.3. The predicted octanol–water partition coefficient (Wildman–Crippen LogP) is 7.07. The van der Waals surface area contributed by atoms with Gasteiger partial charge in [-0.3, -0.25) is 28.8 Å². The van der Waals surface area contributed by atoms with Gasteiger partial charge in [-0.05, 0) is 151 Å². The zero-order valence-corrected chi connectivity index (χ0v) is 50.9. The summed E-state index contributed by atoms with van der Waals surface area (Å²) in [5.74, 6) is -4.09. The molecule has 85 heavy (non-hydrogen) atoms. The van der Waals surface area contributed by atoms with Gasteiger partial charge in [0, 0.05) is 106 Å². The minimum atomic E-state index is -0.617. The van der Waals surface area contributed by atoms with Gasteiger partial charge in [0.05, 0.1) is 39.6 Å². The van der Waals surface area contributed by atoms with Crippen LogP contribution in [0.3, 0.4) is 0 Å². The minimum absolute atomic E-state index is 0. The van der Waals surface area contributed by atoms with Crippen LogP contribution >= 0.6 is 0 Å². The van der Waals surface area contributed by atoms with Crippen molar-refractivity contribution >= 4 is 52.5 Å². The van der Waals surface area contributed by atoms with Crippen molar-refractivity contribution in [2.75, 3.05) is 75.0 Å². The number of nitrogens with one attached hydrogen (secondary N) is 3. The van der Waals surface area contributed by atoms with E-state index in [2.05, 4.69) is 16.0 Å². The van der Waals surface area contributed by atoms with Crippen LogP contribution in [0.2, 0.25) is 0 Å². The molecule has 6 aromatic carbocycles. The Bertz CT molecular complexity index is 2870. The number of rotatable bonds is 21. The molecule has 6 bridgehead atoms. The summed E-state index contributed by atoms with van der Waals surface area (Å²) < 4.78 is 80.8. The van der Waals surface area contributed by atoms with Crippen molar-refractivity contribution in [3.63, 3.8) is 0 Å². The van der Waals surface area contributed by atoms with E-state index in [9.17, 15) is 41.9 Å². The van der Waals surface area contributed by atoms with Crippen LogP contribution in [0.15, 0.2) is 109 Å². The van der Waals surface area contributed by atoms with Crippen LogP contribution in [0.5, 0.6) is 17.2 Å². The van der Waals surface area contributed by atoms with E-state index in [-0.39, 0.29) is 171 Å². The minimum Gasteiger partial charge on any atom is -0.483 e. The van der Waals surface area contributed by atoms with Gasteiger partial charge in [-0.2, -0.15) is 0 Å². The number of amides is 6. The Hall–Kier alpha value is -7.79. The molecule has 6 aromatic rings. The Kier molecular flexibility index (Phi) is 25.4. The zero-order chi connectivity index (χ0) is 60.3. The van der Waals surface area contributed by atoms with Crippen LogP contribution in [0, 0.1) is 17.5 Å². The van der Waals surface area contributed by atoms with Crippen molar-refractivity contribution in [1.29, 1.82) is 0 Å². The number of hydrogen-bond acceptors (Lipinski definition) is 12. The number of nitrogens with zero attached hydrogens (tertiary/aromatic N) is 3. The van der Waals surface area contributed by atoms with Crippen LogP contribution in [-0.4, -0.2) is 109 Å². The van der Waals surface area contributed by atoms with Gasteiger partial charge >= 0.3 is 29.6 Å². The van der Waals surface area contributed by atoms with Crippen molar-refractivity contribution in [2.24, 2.45) is 0 Å². The molecule has 0 aromatic heterocycles. The SMILES string of the molecule is CCN(CC)C(=O)COc1c2cc(C(=O)Nc3ccc(F)cc3)cc1COCc1cc(C(=O)Nc3ccc(F)cc3)cc(c1OCC(=O)N(CC)CC)COCc1cc(C(=O)Nc3ccc(F)cc3)cc(c1OCC(=O)N(CC)CC)COC2.[Na+]. The number of ether oxygens (including phenoxy) is 6. The Morgan fingerprint density at radius 3 is 0.765 bits per heavy atom. The molecule has 22 heteroatoms. The Balaban J connectivity index is 0.0000116. The topological polar surface area (TPSA) is 204 Å². The van der Waals surface area contributed by atoms with E-state index in [0.717, 1.165) is 0 Å². The number of hydrogen-bond donors (Lipinski definition) is 3. The second-order valence-electron chi connectivity index (χ2n) is 19.3. The molecule has 0 saturated heterocycles. The van der Waals surface area contributed by atoms with E-state index in [1.165, 1.54) is 109 Å². The molecule has 1 heterocycles. The van der Waals surface area contributed by atoms with E-state index >= 15 is 0 Å². The number of likely N-dealkylation sites (N-methyl/N-ethyl adjacent to an activating group) is 3. The summed E-state index contributed by atoms with van der Waals surface area (Å²) in [4.78, 5) is 88.5. The van der Waals surface area contributed by atoms with Crippen LogP contribution in [0.25, 0.3) is 0 Å². The normalized spacial score (nSPS) is 12.2. The molecule has 7 rings (SSSR count). The monoisotopic (exact) mass is 1180 g/mol. The average molecular weight is 1180 g/mol. The molecule has 444 valence electrons. The van der Waals surface area contributed by atoms with E-state index in [1.54, 1.807) is 14.7 Å². The second-order valence-corrected chi connectivity index (χ2v) is 19.3. The molecule has 0 radical (unpaired) electrons. The summed E-state index contributed by atoms with van der Waals surface area (Å²) in [5.41, 5.74) is 2.67. The van der Waals surface area contributed by atoms with Crippen LogP contribution < -0.4 is 59.7 Å². The number of fused-ring (bicyclic) bond motifs is 6. The molecular formula is C63H69F3N6NaO12+. The number of halogens is 3. The first kappa shape index (κ1) is 66.4. The van der Waals surface area contributed by atoms with Crippen molar-refractivity contribution in [3.8, 4) is 17.2 Å². The molecule has 0 aliphatic carbocycles. The van der Waals surface area contributed by atoms with Crippen LogP contribution in [0.4, 0.5) is 30.2 Å². The molecule has 1 aliphatic rings. The van der Waals surface area contributed by atoms with Gasteiger partial charge in [0.15, 0.2) is 19.8 Å². The molecule has 18 nitrogen and oxygen atoms in total. The molecule has 0 unspecified atom stereocenters. The van der Waals surface area contributed by atoms with Crippen molar-refractivity contribution < 1.29 is 99.9 Å². The molecule has 0 spiro atoms. The maximum Gasteiger partial charge on any atom is 1.00 e. The van der Waals surface area contributed by atoms with Crippen LogP contribution in [0.1, 0.15) is 106 Å². The average Bonchev–Trinajstić information content (AvgIpc) is 3.54. The Labute approximate surface area is 514 Å². The van der Waals surface area contributed by atoms with Crippen molar-refractivity contribution in [3.05, 3.63) is 177 Å². The van der Waals surface area contributed by atoms with Crippen LogP contribution in [-0.2, 0) is 68.2 Å². The summed E-state index contributed by atoms with van der Waals surface area (Å²) in [6, 6.07) is 24.6. The molecule has 0 saturated carbocycles. The molecule has 0 fully saturated rings. The summed E-state index contributed by atoms with van der Waals surface area (Å²) in [6.07, 6.45) is 0. The Morgan fingerprint density at radius 2 is 0.576 bits per heavy atom. The Morgan fingerprint density at radius 1 is 0.376 bits per heavy atom. The van der Waals surface area contributed by atoms with Crippen molar-refractivity contribution in [1.82, 2.24) is 14.7 Å². The third-order valence-electron chi connectivity index (χ3n) is 13.7. The molecule has 3 N–H and O–H groups in total. The smallest absolute Gasteiger partial charge is 0.483 e. The maximum absolute atomic E-state index is 14.3. The number of anilines is 3. The fraction of sp³-hybridized carbons (Fsp3) is 0.333. The van der Waals surface area contributed by atoms with Gasteiger partial charge in [-0.1, -0.05) is 0 Å². The van der Waals surface area contributed by atoms with Gasteiger partial charge in [0.1, 0.15) is 34.7 Å². The van der Waals surface area contributed by atoms with Gasteiger partial charge in [-0.15, -0.1) is 0 Å². The fourth-order valence-corrected chi connectivity index (χ4v) is 9.28. The second kappa shape index (κ2) is 32.5. The quantitative estimate of drug-likeness (QED) is 0.0620. The van der Waals surface area contributed by atoms with Gasteiger partial charge in [-0.25, -0.2) is 13.2 Å². The van der Waals surface area contributed by atoms with E-state index < -0.39 is 55.0 Å². The van der Waals surface area contributed by atoms with Crippen molar-refractivity contribution in [2.45, 2.75) is 81.2 Å². The van der Waals surface area contributed by atoms with E-state index in [4.69, 9.17) is 28.4 Å². The number of benzene rings is 6. The number of carbonyl (C=O) groups excluding carboxylic acids is 6. The molecule has 6 amide bonds. The first-order valence-electron chi connectivity index (χ1n) is 27.7. The standard InChI is InChI=1S/C63H69F3N6O12.Na/c1-7-70(8-2)55(73)37-82-58-43-25-40(61(76)67-52-19-13-49(64)14-20-52)26-44(58)32-80-34-46-28-42(63(78)69-54-23-17-51(66)18-24-54)30-48(60(46)84-39-57(75)72(11-5)12-6)36-81-35-47-29-41(62(77)68-53-21-15-50(65)16-22-53)27-45(33-79-31-43)59(47)83-38-56(74)71(9-3)10-4;/h13-30H,7-12,31-39H2,1-6H3,(H,67,76)(H,68,77)(H,69,78);/q;+1. The summed E-state index contributed by atoms with van der Waals surface area (Å²) in [7, 11) is 0. The zero-order valence-electron chi connectivity index (χ0n) is 48.9. The third kappa shape index (κ3) is 18.4. The first-order chi connectivity index (χ1) is 40.5. The first-order valence-corrected chi connectivity index (χ1v) is 27.7. The molecule has 1 aliphatic heterocycles. The van der Waals surface area contributed by atoms with E-state index in [0.29, 0.717) is 39.3 Å². The number of carbonyl (C=O) groups is 6. The third-order valence-corrected chi connectivity index (χ3v) is 13.7. The summed E-state index contributed by atoms with van der Waals surface area (Å²) >= 11 is 0. The molecule has 0 atom stereocenters. The summed E-state index contributed by atoms with van der Waals surface area (Å²) in [5, 5.41) is 8.36. The van der Waals surface area contributed by atoms with Gasteiger partial charge < -0.3 is 59.1 Å². The largest absolute Gasteiger partial charge is 1.00 e. The molecular weight excluding hydrogens is 1110 g/mol. The van der Waals surface area contributed by atoms with Gasteiger partial charge in [0.25, 0.3) is 35.4 Å². The van der Waals surface area contributed by atoms with E-state index in [1.807, 2.05) is 41.5 Å².